The Morgan fingerprint density at radius 3 is 2.17 bits per heavy atom. The van der Waals surface area contributed by atoms with Crippen LogP contribution in [0.4, 0.5) is 0 Å². The van der Waals surface area contributed by atoms with Crippen LogP contribution in [0.15, 0.2) is 0 Å². The first-order valence-electron chi connectivity index (χ1n) is 4.99. The smallest absolute Gasteiger partial charge is 0.141 e. The normalized spacial score (nSPS) is 37.9. The highest BCUT2D eigenvalue weighted by atomic mass is 16.1. The van der Waals surface area contributed by atoms with Gasteiger partial charge in [-0.3, -0.25) is 4.79 Å². The van der Waals surface area contributed by atoms with Crippen molar-refractivity contribution in [1.82, 2.24) is 4.90 Å². The van der Waals surface area contributed by atoms with Gasteiger partial charge in [-0.05, 0) is 19.9 Å². The highest BCUT2D eigenvalue weighted by Crippen LogP contribution is 2.29. The Balaban J connectivity index is 2.14. The molecule has 2 unspecified atom stereocenters. The summed E-state index contributed by atoms with van der Waals surface area (Å²) in [4.78, 5) is 14.1. The summed E-state index contributed by atoms with van der Waals surface area (Å²) in [6.07, 6.45) is 4.81. The van der Waals surface area contributed by atoms with Crippen LogP contribution < -0.4 is 0 Å². The Hall–Kier alpha value is -0.370. The van der Waals surface area contributed by atoms with E-state index in [1.807, 2.05) is 0 Å². The molecule has 2 bridgehead atoms. The summed E-state index contributed by atoms with van der Waals surface area (Å²) in [5, 5.41) is 0. The van der Waals surface area contributed by atoms with Crippen LogP contribution in [-0.4, -0.2) is 30.8 Å². The number of nitrogens with zero attached hydrogens (tertiary/aromatic N) is 1. The van der Waals surface area contributed by atoms with Crippen molar-refractivity contribution in [2.45, 2.75) is 25.7 Å². The van der Waals surface area contributed by atoms with E-state index in [1.54, 1.807) is 0 Å². The Kier molecular flexibility index (Phi) is 2.18. The Bertz CT molecular complexity index is 172. The average molecular weight is 167 g/mol. The van der Waals surface area contributed by atoms with E-state index < -0.39 is 0 Å². The van der Waals surface area contributed by atoms with E-state index in [-0.39, 0.29) is 0 Å². The molecule has 12 heavy (non-hydrogen) atoms. The molecular weight excluding hydrogens is 150 g/mol. The van der Waals surface area contributed by atoms with Gasteiger partial charge in [0.15, 0.2) is 0 Å². The van der Waals surface area contributed by atoms with Crippen molar-refractivity contribution in [2.75, 3.05) is 20.1 Å². The van der Waals surface area contributed by atoms with Crippen molar-refractivity contribution in [2.24, 2.45) is 11.8 Å². The SMILES string of the molecule is CN1CC2CCCCC(C1)C2=O. The van der Waals surface area contributed by atoms with Gasteiger partial charge in [0.05, 0.1) is 0 Å². The molecule has 1 aliphatic heterocycles. The Morgan fingerprint density at radius 2 is 1.67 bits per heavy atom. The number of ketones is 1. The minimum Gasteiger partial charge on any atom is -0.305 e. The molecule has 1 saturated heterocycles. The van der Waals surface area contributed by atoms with Crippen molar-refractivity contribution in [1.29, 1.82) is 0 Å². The molecule has 2 heteroatoms. The average Bonchev–Trinajstić information content (AvgIpc) is 2.19. The van der Waals surface area contributed by atoms with Crippen molar-refractivity contribution >= 4 is 5.78 Å². The first-order chi connectivity index (χ1) is 5.77. The number of piperidine rings is 1. The Morgan fingerprint density at radius 1 is 1.17 bits per heavy atom. The van der Waals surface area contributed by atoms with Gasteiger partial charge in [0, 0.05) is 24.9 Å². The molecule has 0 amide bonds. The molecule has 0 radical (unpaired) electrons. The molecule has 2 nitrogen and oxygen atoms in total. The molecule has 0 aromatic carbocycles. The largest absolute Gasteiger partial charge is 0.305 e. The second kappa shape index (κ2) is 3.17. The van der Waals surface area contributed by atoms with E-state index in [9.17, 15) is 4.79 Å². The van der Waals surface area contributed by atoms with Crippen molar-refractivity contribution in [3.63, 3.8) is 0 Å². The first kappa shape index (κ1) is 8.24. The number of carbonyl (C=O) groups is 1. The second-order valence-corrected chi connectivity index (χ2v) is 4.30. The number of hydrogen-bond acceptors (Lipinski definition) is 2. The molecule has 2 fully saturated rings. The number of carbonyl (C=O) groups excluding carboxylic acids is 1. The van der Waals surface area contributed by atoms with E-state index in [2.05, 4.69) is 11.9 Å². The molecule has 0 spiro atoms. The summed E-state index contributed by atoms with van der Waals surface area (Å²) < 4.78 is 0. The third-order valence-electron chi connectivity index (χ3n) is 3.22. The topological polar surface area (TPSA) is 20.3 Å². The number of likely N-dealkylation sites (tertiary alicyclic amines) is 1. The van der Waals surface area contributed by atoms with Crippen LogP contribution in [0.5, 0.6) is 0 Å². The quantitative estimate of drug-likeness (QED) is 0.542. The van der Waals surface area contributed by atoms with Gasteiger partial charge < -0.3 is 4.90 Å². The molecule has 68 valence electrons. The van der Waals surface area contributed by atoms with E-state index in [0.717, 1.165) is 25.9 Å². The lowest BCUT2D eigenvalue weighted by atomic mass is 9.87. The lowest BCUT2D eigenvalue weighted by Crippen LogP contribution is -2.43. The van der Waals surface area contributed by atoms with Gasteiger partial charge in [-0.1, -0.05) is 12.8 Å². The molecule has 2 aliphatic rings. The predicted octanol–water partition coefficient (Wildman–Crippen LogP) is 1.31. The van der Waals surface area contributed by atoms with Crippen LogP contribution in [0, 0.1) is 11.8 Å². The van der Waals surface area contributed by atoms with Gasteiger partial charge in [-0.2, -0.15) is 0 Å². The van der Waals surface area contributed by atoms with Gasteiger partial charge >= 0.3 is 0 Å². The highest BCUT2D eigenvalue weighted by Gasteiger charge is 2.34. The van der Waals surface area contributed by atoms with Crippen LogP contribution >= 0.6 is 0 Å². The number of rotatable bonds is 0. The van der Waals surface area contributed by atoms with Crippen molar-refractivity contribution < 1.29 is 4.79 Å². The molecule has 1 heterocycles. The zero-order chi connectivity index (χ0) is 8.55. The standard InChI is InChI=1S/C10H17NO/c1-11-6-8-4-2-3-5-9(7-11)10(8)12/h8-9H,2-7H2,1H3. The van der Waals surface area contributed by atoms with Gasteiger partial charge in [-0.15, -0.1) is 0 Å². The van der Waals surface area contributed by atoms with E-state index in [1.165, 1.54) is 12.8 Å². The highest BCUT2D eigenvalue weighted by molar-refractivity contribution is 5.84. The molecule has 0 aromatic rings. The first-order valence-corrected chi connectivity index (χ1v) is 4.99. The summed E-state index contributed by atoms with van der Waals surface area (Å²) >= 11 is 0. The number of hydrogen-bond donors (Lipinski definition) is 0. The second-order valence-electron chi connectivity index (χ2n) is 4.30. The van der Waals surface area contributed by atoms with E-state index in [0.29, 0.717) is 17.6 Å². The molecule has 1 saturated carbocycles. The van der Waals surface area contributed by atoms with Gasteiger partial charge in [0.1, 0.15) is 5.78 Å². The summed E-state index contributed by atoms with van der Waals surface area (Å²) in [6, 6.07) is 0. The molecule has 0 N–H and O–H groups in total. The third kappa shape index (κ3) is 1.40. The fourth-order valence-electron chi connectivity index (χ4n) is 2.59. The Labute approximate surface area is 73.9 Å². The predicted molar refractivity (Wildman–Crippen MR) is 48.0 cm³/mol. The van der Waals surface area contributed by atoms with E-state index >= 15 is 0 Å². The van der Waals surface area contributed by atoms with Crippen LogP contribution in [-0.2, 0) is 4.79 Å². The number of fused-ring (bicyclic) bond motifs is 2. The van der Waals surface area contributed by atoms with Gasteiger partial charge in [-0.25, -0.2) is 0 Å². The monoisotopic (exact) mass is 167 g/mol. The minimum atomic E-state index is 0.372. The van der Waals surface area contributed by atoms with Crippen LogP contribution in [0.3, 0.4) is 0 Å². The molecule has 2 atom stereocenters. The molecule has 0 aromatic heterocycles. The summed E-state index contributed by atoms with van der Waals surface area (Å²) in [6.45, 7) is 2.02. The van der Waals surface area contributed by atoms with Gasteiger partial charge in [0.25, 0.3) is 0 Å². The fourth-order valence-corrected chi connectivity index (χ4v) is 2.59. The molecule has 2 rings (SSSR count). The lowest BCUT2D eigenvalue weighted by molar-refractivity contribution is -0.130. The zero-order valence-electron chi connectivity index (χ0n) is 7.75. The minimum absolute atomic E-state index is 0.372. The number of Topliss-reactive ketones (excluding diaryl/α,β-unsaturated/α-hetero) is 1. The van der Waals surface area contributed by atoms with Gasteiger partial charge in [0.2, 0.25) is 0 Å². The molecule has 1 aliphatic carbocycles. The van der Waals surface area contributed by atoms with E-state index in [4.69, 9.17) is 0 Å². The summed E-state index contributed by atoms with van der Waals surface area (Å²) in [5.41, 5.74) is 0. The van der Waals surface area contributed by atoms with Crippen molar-refractivity contribution in [3.8, 4) is 0 Å². The maximum atomic E-state index is 11.7. The lowest BCUT2D eigenvalue weighted by Gasteiger charge is -2.32. The molecular formula is C10H17NO. The summed E-state index contributed by atoms with van der Waals surface area (Å²) in [7, 11) is 2.14. The van der Waals surface area contributed by atoms with Crippen LogP contribution in [0.2, 0.25) is 0 Å². The van der Waals surface area contributed by atoms with Crippen molar-refractivity contribution in [3.05, 3.63) is 0 Å². The third-order valence-corrected chi connectivity index (χ3v) is 3.22. The maximum absolute atomic E-state index is 11.7. The zero-order valence-corrected chi connectivity index (χ0v) is 7.75. The van der Waals surface area contributed by atoms with Crippen LogP contribution in [0.1, 0.15) is 25.7 Å². The maximum Gasteiger partial charge on any atom is 0.141 e. The fraction of sp³-hybridized carbons (Fsp3) is 0.900. The summed E-state index contributed by atoms with van der Waals surface area (Å²) in [5.74, 6) is 1.30. The van der Waals surface area contributed by atoms with Crippen LogP contribution in [0.25, 0.3) is 0 Å².